The Bertz CT molecular complexity index is 837. The molecule has 2 aliphatic rings. The van der Waals surface area contributed by atoms with Gasteiger partial charge in [0.25, 0.3) is 11.8 Å². The second-order valence-electron chi connectivity index (χ2n) is 8.55. The number of ether oxygens (including phenoxy) is 2. The second-order valence-corrected chi connectivity index (χ2v) is 8.55. The van der Waals surface area contributed by atoms with Crippen LogP contribution in [0.5, 0.6) is 0 Å². The van der Waals surface area contributed by atoms with E-state index in [4.69, 9.17) is 14.3 Å². The maximum absolute atomic E-state index is 13.1. The van der Waals surface area contributed by atoms with Crippen molar-refractivity contribution in [2.24, 2.45) is 5.41 Å². The molecule has 1 unspecified atom stereocenters. The van der Waals surface area contributed by atoms with Gasteiger partial charge in [-0.1, -0.05) is 17.2 Å². The van der Waals surface area contributed by atoms with Gasteiger partial charge in [0.05, 0.1) is 17.7 Å². The largest absolute Gasteiger partial charge is 0.444 e. The minimum atomic E-state index is -1.22. The van der Waals surface area contributed by atoms with Crippen LogP contribution in [0.15, 0.2) is 24.3 Å². The van der Waals surface area contributed by atoms with Gasteiger partial charge in [-0.3, -0.25) is 9.59 Å². The molecular weight excluding hydrogens is 392 g/mol. The molecule has 0 N–H and O–H groups in total. The summed E-state index contributed by atoms with van der Waals surface area (Å²) in [6, 6.07) is 6.25. The van der Waals surface area contributed by atoms with Gasteiger partial charge in [0, 0.05) is 20.2 Å². The number of fused-ring (bicyclic) bond motifs is 1. The number of piperidine rings is 1. The molecule has 1 atom stereocenters. The molecule has 0 spiro atoms. The molecule has 0 aromatic heterocycles. The standard InChI is InChI=1S/C21H26N2O7/c1-20(2,3)29-19(27)22-11-7-10-21(12-22,13-28-4)18(26)30-23-16(24)14-8-5-6-9-15(14)17(23)25/h5-6,8-9H,7,10-13H2,1-4H3. The summed E-state index contributed by atoms with van der Waals surface area (Å²) in [5.74, 6) is -2.19. The Morgan fingerprint density at radius 3 is 2.23 bits per heavy atom. The highest BCUT2D eigenvalue weighted by molar-refractivity contribution is 6.20. The van der Waals surface area contributed by atoms with E-state index < -0.39 is 34.9 Å². The fourth-order valence-corrected chi connectivity index (χ4v) is 3.66. The Labute approximate surface area is 174 Å². The average Bonchev–Trinajstić information content (AvgIpc) is 2.92. The summed E-state index contributed by atoms with van der Waals surface area (Å²) in [5.41, 5.74) is -1.55. The third kappa shape index (κ3) is 4.16. The van der Waals surface area contributed by atoms with Crippen molar-refractivity contribution in [1.82, 2.24) is 9.96 Å². The zero-order valence-electron chi connectivity index (χ0n) is 17.6. The highest BCUT2D eigenvalue weighted by atomic mass is 16.7. The summed E-state index contributed by atoms with van der Waals surface area (Å²) in [6.45, 7) is 5.65. The number of likely N-dealkylation sites (tertiary alicyclic amines) is 1. The van der Waals surface area contributed by atoms with Crippen LogP contribution in [0, 0.1) is 5.41 Å². The number of hydrogen-bond donors (Lipinski definition) is 0. The predicted octanol–water partition coefficient (Wildman–Crippen LogP) is 2.40. The van der Waals surface area contributed by atoms with Gasteiger partial charge in [0.1, 0.15) is 11.0 Å². The van der Waals surface area contributed by atoms with Crippen LogP contribution in [0.3, 0.4) is 0 Å². The van der Waals surface area contributed by atoms with Gasteiger partial charge in [-0.15, -0.1) is 0 Å². The van der Waals surface area contributed by atoms with Gasteiger partial charge >= 0.3 is 12.1 Å². The summed E-state index contributed by atoms with van der Waals surface area (Å²) >= 11 is 0. The lowest BCUT2D eigenvalue weighted by atomic mass is 9.80. The zero-order valence-corrected chi connectivity index (χ0v) is 17.6. The molecule has 0 bridgehead atoms. The van der Waals surface area contributed by atoms with E-state index in [0.717, 1.165) is 0 Å². The highest BCUT2D eigenvalue weighted by Crippen LogP contribution is 2.34. The van der Waals surface area contributed by atoms with Crippen LogP contribution in [0.4, 0.5) is 4.79 Å². The molecule has 9 heteroatoms. The Morgan fingerprint density at radius 2 is 1.70 bits per heavy atom. The first-order valence-electron chi connectivity index (χ1n) is 9.75. The molecule has 1 aromatic carbocycles. The van der Waals surface area contributed by atoms with Gasteiger partial charge in [-0.05, 0) is 45.7 Å². The van der Waals surface area contributed by atoms with E-state index in [9.17, 15) is 19.2 Å². The minimum absolute atomic E-state index is 0.00223. The van der Waals surface area contributed by atoms with Crippen molar-refractivity contribution in [2.75, 3.05) is 26.8 Å². The summed E-state index contributed by atoms with van der Waals surface area (Å²) in [5, 5.41) is 0.483. The van der Waals surface area contributed by atoms with Crippen molar-refractivity contribution in [3.63, 3.8) is 0 Å². The van der Waals surface area contributed by atoms with Crippen LogP contribution in [-0.4, -0.2) is 66.2 Å². The Morgan fingerprint density at radius 1 is 1.10 bits per heavy atom. The molecule has 3 rings (SSSR count). The Kier molecular flexibility index (Phi) is 5.85. The number of hydroxylamine groups is 2. The summed E-state index contributed by atoms with van der Waals surface area (Å²) < 4.78 is 10.7. The number of nitrogens with zero attached hydrogens (tertiary/aromatic N) is 2. The molecule has 0 radical (unpaired) electrons. The van der Waals surface area contributed by atoms with E-state index in [-0.39, 0.29) is 24.3 Å². The quantitative estimate of drug-likeness (QED) is 0.692. The molecular formula is C21H26N2O7. The average molecular weight is 418 g/mol. The molecule has 0 aliphatic carbocycles. The lowest BCUT2D eigenvalue weighted by Crippen LogP contribution is -2.54. The zero-order chi connectivity index (χ0) is 22.1. The first-order chi connectivity index (χ1) is 14.1. The van der Waals surface area contributed by atoms with Crippen molar-refractivity contribution in [2.45, 2.75) is 39.2 Å². The summed E-state index contributed by atoms with van der Waals surface area (Å²) in [4.78, 5) is 57.4. The summed E-state index contributed by atoms with van der Waals surface area (Å²) in [7, 11) is 1.43. The van der Waals surface area contributed by atoms with E-state index in [1.807, 2.05) is 0 Å². The number of carbonyl (C=O) groups excluding carboxylic acids is 4. The molecule has 0 saturated carbocycles. The van der Waals surface area contributed by atoms with Gasteiger partial charge < -0.3 is 19.2 Å². The smallest absolute Gasteiger partial charge is 0.410 e. The Balaban J connectivity index is 1.79. The van der Waals surface area contributed by atoms with Crippen molar-refractivity contribution >= 4 is 23.9 Å². The molecule has 1 saturated heterocycles. The van der Waals surface area contributed by atoms with Crippen LogP contribution in [0.25, 0.3) is 0 Å². The Hall–Kier alpha value is -2.94. The first kappa shape index (κ1) is 21.8. The lowest BCUT2D eigenvalue weighted by Gasteiger charge is -2.40. The SMILES string of the molecule is COCC1(C(=O)ON2C(=O)c3ccccc3C2=O)CCCN(C(=O)OC(C)(C)C)C1. The van der Waals surface area contributed by atoms with Crippen LogP contribution < -0.4 is 0 Å². The van der Waals surface area contributed by atoms with Crippen molar-refractivity contribution in [1.29, 1.82) is 0 Å². The van der Waals surface area contributed by atoms with Crippen LogP contribution in [0.2, 0.25) is 0 Å². The number of imide groups is 1. The minimum Gasteiger partial charge on any atom is -0.444 e. The van der Waals surface area contributed by atoms with Crippen molar-refractivity contribution < 1.29 is 33.5 Å². The van der Waals surface area contributed by atoms with Crippen molar-refractivity contribution in [3.8, 4) is 0 Å². The van der Waals surface area contributed by atoms with Crippen LogP contribution in [-0.2, 0) is 19.1 Å². The van der Waals surface area contributed by atoms with E-state index in [2.05, 4.69) is 0 Å². The first-order valence-corrected chi connectivity index (χ1v) is 9.75. The lowest BCUT2D eigenvalue weighted by molar-refractivity contribution is -0.188. The molecule has 30 heavy (non-hydrogen) atoms. The van der Waals surface area contributed by atoms with Gasteiger partial charge in [-0.2, -0.15) is 0 Å². The highest BCUT2D eigenvalue weighted by Gasteiger charge is 2.49. The fraction of sp³-hybridized carbons (Fsp3) is 0.524. The van der Waals surface area contributed by atoms with E-state index >= 15 is 0 Å². The number of benzene rings is 1. The molecule has 9 nitrogen and oxygen atoms in total. The molecule has 3 amide bonds. The van der Waals surface area contributed by atoms with E-state index in [1.54, 1.807) is 32.9 Å². The van der Waals surface area contributed by atoms with Gasteiger partial charge in [0.15, 0.2) is 0 Å². The van der Waals surface area contributed by atoms with E-state index in [0.29, 0.717) is 24.4 Å². The molecule has 1 fully saturated rings. The third-order valence-corrected chi connectivity index (χ3v) is 5.01. The number of carbonyl (C=O) groups is 4. The van der Waals surface area contributed by atoms with Crippen LogP contribution >= 0.6 is 0 Å². The van der Waals surface area contributed by atoms with E-state index in [1.165, 1.54) is 24.1 Å². The topological polar surface area (TPSA) is 102 Å². The maximum Gasteiger partial charge on any atom is 0.410 e. The van der Waals surface area contributed by atoms with Gasteiger partial charge in [-0.25, -0.2) is 9.59 Å². The fourth-order valence-electron chi connectivity index (χ4n) is 3.66. The molecule has 162 valence electrons. The maximum atomic E-state index is 13.1. The third-order valence-electron chi connectivity index (χ3n) is 5.01. The molecule has 1 aromatic rings. The predicted molar refractivity (Wildman–Crippen MR) is 104 cm³/mol. The summed E-state index contributed by atoms with van der Waals surface area (Å²) in [6.07, 6.45) is 0.346. The molecule has 2 aliphatic heterocycles. The van der Waals surface area contributed by atoms with Crippen molar-refractivity contribution in [3.05, 3.63) is 35.4 Å². The van der Waals surface area contributed by atoms with Gasteiger partial charge in [0.2, 0.25) is 0 Å². The number of rotatable bonds is 4. The normalized spacial score (nSPS) is 21.5. The van der Waals surface area contributed by atoms with Crippen LogP contribution in [0.1, 0.15) is 54.3 Å². The second kappa shape index (κ2) is 8.06. The number of hydrogen-bond acceptors (Lipinski definition) is 7. The number of methoxy groups -OCH3 is 1. The number of amides is 3. The molecule has 2 heterocycles. The monoisotopic (exact) mass is 418 g/mol.